The van der Waals surface area contributed by atoms with Crippen molar-refractivity contribution in [1.29, 1.82) is 0 Å². The third kappa shape index (κ3) is 3.27. The predicted octanol–water partition coefficient (Wildman–Crippen LogP) is 2.55. The predicted molar refractivity (Wildman–Crippen MR) is 46.9 cm³/mol. The molecule has 1 aromatic heterocycles. The van der Waals surface area contributed by atoms with Crippen LogP contribution in [0.3, 0.4) is 0 Å². The highest BCUT2D eigenvalue weighted by Gasteiger charge is 1.93. The van der Waals surface area contributed by atoms with E-state index in [-0.39, 0.29) is 0 Å². The van der Waals surface area contributed by atoms with Crippen molar-refractivity contribution in [2.75, 3.05) is 12.3 Å². The molecule has 0 amide bonds. The van der Waals surface area contributed by atoms with Crippen molar-refractivity contribution in [2.45, 2.75) is 4.34 Å². The summed E-state index contributed by atoms with van der Waals surface area (Å²) in [5, 5.41) is 5.33. The second-order valence-corrected chi connectivity index (χ2v) is 3.84. The van der Waals surface area contributed by atoms with Crippen LogP contribution in [0.15, 0.2) is 21.0 Å². The standard InChI is InChI=1S/C5H6N4S2/c6-9-8-2-4-11-5-7-1-3-10-5/h1,3H,2,4H2. The normalized spacial score (nSPS) is 9.09. The van der Waals surface area contributed by atoms with Gasteiger partial charge in [-0.1, -0.05) is 16.9 Å². The Kier molecular flexibility index (Phi) is 3.82. The Morgan fingerprint density at radius 3 is 3.36 bits per heavy atom. The number of nitrogens with zero attached hydrogens (tertiary/aromatic N) is 4. The van der Waals surface area contributed by atoms with Crippen molar-refractivity contribution in [3.8, 4) is 0 Å². The largest absolute Gasteiger partial charge is 0.238 e. The van der Waals surface area contributed by atoms with Crippen LogP contribution in [0.1, 0.15) is 0 Å². The van der Waals surface area contributed by atoms with E-state index in [1.807, 2.05) is 5.38 Å². The van der Waals surface area contributed by atoms with Crippen molar-refractivity contribution >= 4 is 23.1 Å². The molecule has 6 heteroatoms. The van der Waals surface area contributed by atoms with Gasteiger partial charge < -0.3 is 0 Å². The van der Waals surface area contributed by atoms with E-state index < -0.39 is 0 Å². The fourth-order valence-corrected chi connectivity index (χ4v) is 2.03. The Morgan fingerprint density at radius 2 is 2.73 bits per heavy atom. The molecule has 4 nitrogen and oxygen atoms in total. The summed E-state index contributed by atoms with van der Waals surface area (Å²) in [5.74, 6) is 0.803. The van der Waals surface area contributed by atoms with E-state index in [4.69, 9.17) is 5.53 Å². The Labute approximate surface area is 72.3 Å². The summed E-state index contributed by atoms with van der Waals surface area (Å²) in [6.07, 6.45) is 1.76. The lowest BCUT2D eigenvalue weighted by Gasteiger charge is -1.89. The van der Waals surface area contributed by atoms with Gasteiger partial charge in [0, 0.05) is 28.8 Å². The van der Waals surface area contributed by atoms with Gasteiger partial charge in [-0.2, -0.15) is 0 Å². The Bertz CT molecular complexity index is 239. The van der Waals surface area contributed by atoms with E-state index in [1.54, 1.807) is 29.3 Å². The molecule has 0 saturated carbocycles. The molecule has 0 radical (unpaired) electrons. The van der Waals surface area contributed by atoms with Gasteiger partial charge in [-0.25, -0.2) is 4.98 Å². The minimum absolute atomic E-state index is 0.529. The van der Waals surface area contributed by atoms with E-state index >= 15 is 0 Å². The van der Waals surface area contributed by atoms with Crippen LogP contribution in [0.5, 0.6) is 0 Å². The average Bonchev–Trinajstić information content (AvgIpc) is 2.50. The van der Waals surface area contributed by atoms with Gasteiger partial charge in [0.1, 0.15) is 4.34 Å². The Hall–Kier alpha value is -0.710. The minimum atomic E-state index is 0.529. The van der Waals surface area contributed by atoms with Crippen LogP contribution in [0, 0.1) is 0 Å². The number of thiazole rings is 1. The fraction of sp³-hybridized carbons (Fsp3) is 0.400. The molecule has 0 aromatic carbocycles. The summed E-state index contributed by atoms with van der Waals surface area (Å²) < 4.78 is 1.03. The van der Waals surface area contributed by atoms with Crippen LogP contribution >= 0.6 is 23.1 Å². The zero-order valence-electron chi connectivity index (χ0n) is 5.67. The molecule has 11 heavy (non-hydrogen) atoms. The molecule has 0 aliphatic rings. The highest BCUT2D eigenvalue weighted by Crippen LogP contribution is 2.19. The van der Waals surface area contributed by atoms with Gasteiger partial charge in [-0.3, -0.25) is 0 Å². The van der Waals surface area contributed by atoms with Crippen LogP contribution in [-0.2, 0) is 0 Å². The maximum absolute atomic E-state index is 7.96. The highest BCUT2D eigenvalue weighted by atomic mass is 32.2. The molecular formula is C5H6N4S2. The van der Waals surface area contributed by atoms with E-state index in [0.717, 1.165) is 10.1 Å². The zero-order chi connectivity index (χ0) is 7.94. The quantitative estimate of drug-likeness (QED) is 0.238. The summed E-state index contributed by atoms with van der Waals surface area (Å²) in [6.45, 7) is 0.529. The van der Waals surface area contributed by atoms with Crippen LogP contribution in [-0.4, -0.2) is 17.3 Å². The maximum atomic E-state index is 7.96. The van der Waals surface area contributed by atoms with Crippen LogP contribution in [0.4, 0.5) is 0 Å². The summed E-state index contributed by atoms with van der Waals surface area (Å²) >= 11 is 3.21. The van der Waals surface area contributed by atoms with Crippen molar-refractivity contribution in [1.82, 2.24) is 4.98 Å². The molecule has 0 saturated heterocycles. The number of aromatic nitrogens is 1. The molecule has 0 atom stereocenters. The molecule has 58 valence electrons. The minimum Gasteiger partial charge on any atom is -0.238 e. The number of azide groups is 1. The first kappa shape index (κ1) is 8.39. The first-order valence-electron chi connectivity index (χ1n) is 2.96. The van der Waals surface area contributed by atoms with Crippen molar-refractivity contribution in [2.24, 2.45) is 5.11 Å². The Morgan fingerprint density at radius 1 is 1.82 bits per heavy atom. The summed E-state index contributed by atoms with van der Waals surface area (Å²) in [6, 6.07) is 0. The third-order valence-electron chi connectivity index (χ3n) is 0.890. The lowest BCUT2D eigenvalue weighted by molar-refractivity contribution is 1.12. The van der Waals surface area contributed by atoms with Crippen molar-refractivity contribution < 1.29 is 0 Å². The maximum Gasteiger partial charge on any atom is 0.149 e. The summed E-state index contributed by atoms with van der Waals surface area (Å²) in [5.41, 5.74) is 7.96. The van der Waals surface area contributed by atoms with E-state index in [0.29, 0.717) is 6.54 Å². The van der Waals surface area contributed by atoms with Gasteiger partial charge in [0.15, 0.2) is 0 Å². The molecule has 0 N–H and O–H groups in total. The topological polar surface area (TPSA) is 61.7 Å². The first-order valence-corrected chi connectivity index (χ1v) is 4.83. The molecular weight excluding hydrogens is 180 g/mol. The van der Waals surface area contributed by atoms with Gasteiger partial charge in [-0.15, -0.1) is 11.3 Å². The van der Waals surface area contributed by atoms with E-state index in [9.17, 15) is 0 Å². The molecule has 0 aliphatic heterocycles. The SMILES string of the molecule is [N-]=[N+]=NCCSc1nccs1. The monoisotopic (exact) mass is 186 g/mol. The summed E-state index contributed by atoms with van der Waals surface area (Å²) in [7, 11) is 0. The van der Waals surface area contributed by atoms with Gasteiger partial charge in [0.05, 0.1) is 0 Å². The fourth-order valence-electron chi connectivity index (χ4n) is 0.500. The van der Waals surface area contributed by atoms with Crippen molar-refractivity contribution in [3.63, 3.8) is 0 Å². The number of hydrogen-bond acceptors (Lipinski definition) is 4. The molecule has 1 aromatic rings. The number of rotatable bonds is 4. The lowest BCUT2D eigenvalue weighted by Crippen LogP contribution is -1.81. The van der Waals surface area contributed by atoms with Crippen LogP contribution in [0.2, 0.25) is 0 Å². The lowest BCUT2D eigenvalue weighted by atomic mass is 10.8. The van der Waals surface area contributed by atoms with Crippen LogP contribution in [0.25, 0.3) is 10.4 Å². The zero-order valence-corrected chi connectivity index (χ0v) is 7.31. The van der Waals surface area contributed by atoms with Crippen molar-refractivity contribution in [3.05, 3.63) is 22.0 Å². The summed E-state index contributed by atoms with van der Waals surface area (Å²) in [4.78, 5) is 6.71. The average molecular weight is 186 g/mol. The molecule has 0 spiro atoms. The van der Waals surface area contributed by atoms with Crippen LogP contribution < -0.4 is 0 Å². The molecule has 0 fully saturated rings. The smallest absolute Gasteiger partial charge is 0.149 e. The van der Waals surface area contributed by atoms with Gasteiger partial charge >= 0.3 is 0 Å². The molecule has 0 unspecified atom stereocenters. The van der Waals surface area contributed by atoms with Gasteiger partial charge in [0.25, 0.3) is 0 Å². The molecule has 0 bridgehead atoms. The molecule has 1 rings (SSSR count). The highest BCUT2D eigenvalue weighted by molar-refractivity contribution is 8.01. The Balaban J connectivity index is 2.18. The van der Waals surface area contributed by atoms with Gasteiger partial charge in [-0.05, 0) is 5.53 Å². The van der Waals surface area contributed by atoms with E-state index in [1.165, 1.54) is 0 Å². The number of hydrogen-bond donors (Lipinski definition) is 0. The second-order valence-electron chi connectivity index (χ2n) is 1.60. The first-order chi connectivity index (χ1) is 5.43. The third-order valence-corrected chi connectivity index (χ3v) is 2.84. The number of thioether (sulfide) groups is 1. The second kappa shape index (κ2) is 5.01. The van der Waals surface area contributed by atoms with E-state index in [2.05, 4.69) is 15.0 Å². The van der Waals surface area contributed by atoms with Gasteiger partial charge in [0.2, 0.25) is 0 Å². The molecule has 0 aliphatic carbocycles. The molecule has 1 heterocycles.